The molecule has 10 nitrogen and oxygen atoms in total. The Kier molecular flexibility index (Phi) is 8.73. The molecule has 1 amide bonds. The number of fused-ring (bicyclic) bond motifs is 1. The Morgan fingerprint density at radius 3 is 2.69 bits per heavy atom. The number of anilines is 2. The third-order valence-electron chi connectivity index (χ3n) is 4.98. The number of aryl methyl sites for hydroxylation is 1. The summed E-state index contributed by atoms with van der Waals surface area (Å²) < 4.78 is 59.2. The summed E-state index contributed by atoms with van der Waals surface area (Å²) in [5, 5.41) is 21.7. The van der Waals surface area contributed by atoms with E-state index < -0.39 is 30.2 Å². The van der Waals surface area contributed by atoms with Gasteiger partial charge >= 0.3 is 12.1 Å². The number of thiophene rings is 1. The van der Waals surface area contributed by atoms with Gasteiger partial charge in [0.1, 0.15) is 16.2 Å². The predicted molar refractivity (Wildman–Crippen MR) is 121 cm³/mol. The van der Waals surface area contributed by atoms with Crippen LogP contribution in [0.4, 0.5) is 33.5 Å². The second kappa shape index (κ2) is 11.6. The average molecular weight is 535 g/mol. The molecule has 1 aliphatic rings. The van der Waals surface area contributed by atoms with Crippen molar-refractivity contribution in [2.45, 2.75) is 37.9 Å². The smallest absolute Gasteiger partial charge is 0.475 e. The second-order valence-corrected chi connectivity index (χ2v) is 8.62. The highest BCUT2D eigenvalue weighted by Crippen LogP contribution is 2.28. The lowest BCUT2D eigenvalue weighted by atomic mass is 10.1. The number of nitrogens with one attached hydrogen (secondary N) is 3. The van der Waals surface area contributed by atoms with Crippen LogP contribution in [0.15, 0.2) is 17.8 Å². The molecule has 0 unspecified atom stereocenters. The first-order valence-corrected chi connectivity index (χ1v) is 11.5. The molecule has 3 aromatic heterocycles. The van der Waals surface area contributed by atoms with Gasteiger partial charge in [-0.15, -0.1) is 11.3 Å². The lowest BCUT2D eigenvalue weighted by Gasteiger charge is -2.16. The molecule has 1 saturated heterocycles. The van der Waals surface area contributed by atoms with E-state index in [9.17, 15) is 26.7 Å². The number of aliphatic carboxylic acids is 1. The van der Waals surface area contributed by atoms with Crippen LogP contribution in [0.1, 0.15) is 41.7 Å². The van der Waals surface area contributed by atoms with Crippen molar-refractivity contribution in [3.05, 3.63) is 29.0 Å². The fraction of sp³-hybridized carbons (Fsp3) is 0.450. The van der Waals surface area contributed by atoms with Gasteiger partial charge in [0.25, 0.3) is 12.3 Å². The highest BCUT2D eigenvalue weighted by molar-refractivity contribution is 7.17. The van der Waals surface area contributed by atoms with Gasteiger partial charge in [0, 0.05) is 31.2 Å². The second-order valence-electron chi connectivity index (χ2n) is 7.76. The van der Waals surface area contributed by atoms with E-state index in [1.807, 2.05) is 0 Å². The van der Waals surface area contributed by atoms with Gasteiger partial charge in [0.05, 0.1) is 17.4 Å². The molecule has 16 heteroatoms. The van der Waals surface area contributed by atoms with Crippen LogP contribution in [0.3, 0.4) is 0 Å². The summed E-state index contributed by atoms with van der Waals surface area (Å²) in [7, 11) is 1.52. The van der Waals surface area contributed by atoms with Crippen LogP contribution < -0.4 is 16.0 Å². The molecule has 36 heavy (non-hydrogen) atoms. The van der Waals surface area contributed by atoms with Crippen molar-refractivity contribution < 1.29 is 36.6 Å². The summed E-state index contributed by atoms with van der Waals surface area (Å²) in [5.41, 5.74) is 0.263. The maximum Gasteiger partial charge on any atom is 0.490 e. The van der Waals surface area contributed by atoms with E-state index >= 15 is 0 Å². The zero-order valence-corrected chi connectivity index (χ0v) is 19.6. The van der Waals surface area contributed by atoms with E-state index in [4.69, 9.17) is 9.90 Å². The number of hydrogen-bond donors (Lipinski definition) is 4. The molecule has 1 fully saturated rings. The van der Waals surface area contributed by atoms with Crippen LogP contribution >= 0.6 is 11.3 Å². The van der Waals surface area contributed by atoms with Gasteiger partial charge < -0.3 is 21.1 Å². The predicted octanol–water partition coefficient (Wildman–Crippen LogP) is 3.80. The standard InChI is InChI=1S/C18H21F2N7OS.C2HF3O2/c1-27-8-12(15(26-27)16(19)20)24-17(28)11-9-29-18-14(11)25-13(7-22-18)23-10-4-2-3-5-21-6-10;3-2(4,5)1(6)7/h7-10,16,21H,2-6H2,1H3,(H,23,25)(H,24,28);(H,6,7)/t10-;/m1./s1. The number of rotatable bonds is 5. The summed E-state index contributed by atoms with van der Waals surface area (Å²) in [5.74, 6) is -2.69. The van der Waals surface area contributed by atoms with E-state index in [-0.39, 0.29) is 11.7 Å². The van der Waals surface area contributed by atoms with Crippen molar-refractivity contribution >= 4 is 45.1 Å². The maximum atomic E-state index is 13.1. The molecule has 4 rings (SSSR count). The SMILES string of the molecule is Cn1cc(NC(=O)c2csc3ncc(N[C@@H]4CCCCNC4)nc23)c(C(F)F)n1.O=C(O)C(F)(F)F. The topological polar surface area (TPSA) is 134 Å². The van der Waals surface area contributed by atoms with Crippen LogP contribution in [0.2, 0.25) is 0 Å². The first-order valence-electron chi connectivity index (χ1n) is 10.6. The van der Waals surface area contributed by atoms with E-state index in [1.54, 1.807) is 11.6 Å². The molecule has 1 aliphatic heterocycles. The number of nitrogens with zero attached hydrogens (tertiary/aromatic N) is 4. The Balaban J connectivity index is 0.000000454. The van der Waals surface area contributed by atoms with Gasteiger partial charge in [-0.1, -0.05) is 6.42 Å². The van der Waals surface area contributed by atoms with Crippen LogP contribution in [0.5, 0.6) is 0 Å². The molecule has 0 aromatic carbocycles. The number of amides is 1. The first-order chi connectivity index (χ1) is 17.0. The van der Waals surface area contributed by atoms with Crippen molar-refractivity contribution in [2.75, 3.05) is 23.7 Å². The molecular weight excluding hydrogens is 513 g/mol. The molecule has 4 N–H and O–H groups in total. The zero-order chi connectivity index (χ0) is 26.5. The van der Waals surface area contributed by atoms with Gasteiger partial charge in [-0.25, -0.2) is 23.5 Å². The minimum atomic E-state index is -5.08. The summed E-state index contributed by atoms with van der Waals surface area (Å²) in [4.78, 5) is 31.2. The molecule has 0 aliphatic carbocycles. The van der Waals surface area contributed by atoms with Gasteiger partial charge in [0.15, 0.2) is 5.69 Å². The Morgan fingerprint density at radius 1 is 1.31 bits per heavy atom. The Labute approximate surface area is 204 Å². The number of carbonyl (C=O) groups excluding carboxylic acids is 1. The van der Waals surface area contributed by atoms with E-state index in [1.165, 1.54) is 29.3 Å². The van der Waals surface area contributed by atoms with E-state index in [2.05, 4.69) is 31.0 Å². The van der Waals surface area contributed by atoms with Gasteiger partial charge in [-0.05, 0) is 19.4 Å². The molecule has 0 bridgehead atoms. The number of carbonyl (C=O) groups is 2. The summed E-state index contributed by atoms with van der Waals surface area (Å²) >= 11 is 1.28. The van der Waals surface area contributed by atoms with Crippen LogP contribution in [-0.4, -0.2) is 62.0 Å². The lowest BCUT2D eigenvalue weighted by Crippen LogP contribution is -2.31. The molecule has 0 radical (unpaired) electrons. The number of carboxylic acid groups (broad SMARTS) is 1. The Hall–Kier alpha value is -3.40. The maximum absolute atomic E-state index is 13.1. The molecule has 4 heterocycles. The Bertz CT molecular complexity index is 1210. The fourth-order valence-electron chi connectivity index (χ4n) is 3.35. The van der Waals surface area contributed by atoms with Crippen molar-refractivity contribution in [1.29, 1.82) is 0 Å². The van der Waals surface area contributed by atoms with Crippen molar-refractivity contribution in [3.63, 3.8) is 0 Å². The quantitative estimate of drug-likeness (QED) is 0.363. The van der Waals surface area contributed by atoms with Crippen LogP contribution in [0.25, 0.3) is 10.3 Å². The molecular formula is C20H22F5N7O3S. The van der Waals surface area contributed by atoms with E-state index in [0.29, 0.717) is 21.7 Å². The largest absolute Gasteiger partial charge is 0.490 e. The average Bonchev–Trinajstić information content (AvgIpc) is 3.28. The highest BCUT2D eigenvalue weighted by Gasteiger charge is 2.38. The highest BCUT2D eigenvalue weighted by atomic mass is 32.1. The molecule has 3 aromatic rings. The van der Waals surface area contributed by atoms with Crippen molar-refractivity contribution in [2.24, 2.45) is 7.05 Å². The molecule has 196 valence electrons. The zero-order valence-electron chi connectivity index (χ0n) is 18.8. The third kappa shape index (κ3) is 7.07. The van der Waals surface area contributed by atoms with E-state index in [0.717, 1.165) is 32.4 Å². The fourth-order valence-corrected chi connectivity index (χ4v) is 4.17. The Morgan fingerprint density at radius 2 is 2.03 bits per heavy atom. The summed E-state index contributed by atoms with van der Waals surface area (Å²) in [6.07, 6.45) is -1.56. The van der Waals surface area contributed by atoms with Gasteiger partial charge in [-0.2, -0.15) is 18.3 Å². The number of halogens is 5. The van der Waals surface area contributed by atoms with Gasteiger partial charge in [-0.3, -0.25) is 9.48 Å². The lowest BCUT2D eigenvalue weighted by molar-refractivity contribution is -0.192. The summed E-state index contributed by atoms with van der Waals surface area (Å²) in [6.45, 7) is 1.85. The first kappa shape index (κ1) is 27.2. The van der Waals surface area contributed by atoms with Crippen molar-refractivity contribution in [1.82, 2.24) is 25.1 Å². The molecule has 1 atom stereocenters. The normalized spacial score (nSPS) is 16.2. The third-order valence-corrected chi connectivity index (χ3v) is 5.86. The van der Waals surface area contributed by atoms with Crippen LogP contribution in [0, 0.1) is 0 Å². The number of aromatic nitrogens is 4. The summed E-state index contributed by atoms with van der Waals surface area (Å²) in [6, 6.07) is 0.240. The monoisotopic (exact) mass is 535 g/mol. The van der Waals surface area contributed by atoms with Crippen molar-refractivity contribution in [3.8, 4) is 0 Å². The number of carboxylic acids is 1. The number of alkyl halides is 5. The number of hydrogen-bond acceptors (Lipinski definition) is 8. The molecule has 0 saturated carbocycles. The van der Waals surface area contributed by atoms with Crippen LogP contribution in [-0.2, 0) is 11.8 Å². The molecule has 0 spiro atoms. The minimum Gasteiger partial charge on any atom is -0.475 e. The minimum absolute atomic E-state index is 0.0152. The van der Waals surface area contributed by atoms with Gasteiger partial charge in [0.2, 0.25) is 0 Å².